The van der Waals surface area contributed by atoms with E-state index in [1.54, 1.807) is 0 Å². The summed E-state index contributed by atoms with van der Waals surface area (Å²) in [4.78, 5) is 25.4. The molecule has 0 unspecified atom stereocenters. The summed E-state index contributed by atoms with van der Waals surface area (Å²) in [6.07, 6.45) is 2.36. The lowest BCUT2D eigenvalue weighted by Crippen LogP contribution is -2.46. The van der Waals surface area contributed by atoms with Crippen LogP contribution in [0.15, 0.2) is 0 Å². The van der Waals surface area contributed by atoms with Gasteiger partial charge in [-0.2, -0.15) is 0 Å². The summed E-state index contributed by atoms with van der Waals surface area (Å²) in [6, 6.07) is 0.130. The molecule has 1 N–H and O–H groups in total. The summed E-state index contributed by atoms with van der Waals surface area (Å²) in [5.74, 6) is -0.422. The number of carboxylic acids is 1. The largest absolute Gasteiger partial charge is 0.481 e. The van der Waals surface area contributed by atoms with Gasteiger partial charge in [0.1, 0.15) is 0 Å². The van der Waals surface area contributed by atoms with Gasteiger partial charge >= 0.3 is 5.97 Å². The first-order chi connectivity index (χ1) is 8.28. The van der Waals surface area contributed by atoms with E-state index < -0.39 is 11.4 Å². The molecular weight excluding hydrogens is 230 g/mol. The molecule has 0 aliphatic heterocycles. The molecule has 104 valence electrons. The second-order valence-corrected chi connectivity index (χ2v) is 6.15. The highest BCUT2D eigenvalue weighted by atomic mass is 16.4. The molecule has 1 amide bonds. The molecule has 1 aliphatic rings. The molecule has 1 saturated carbocycles. The van der Waals surface area contributed by atoms with Crippen LogP contribution in [0.3, 0.4) is 0 Å². The van der Waals surface area contributed by atoms with Crippen molar-refractivity contribution in [2.75, 3.05) is 6.54 Å². The number of amides is 1. The first-order valence-corrected chi connectivity index (χ1v) is 6.81. The van der Waals surface area contributed by atoms with Crippen LogP contribution in [0.25, 0.3) is 0 Å². The Morgan fingerprint density at radius 1 is 1.22 bits per heavy atom. The Bertz CT molecular complexity index is 319. The highest BCUT2D eigenvalue weighted by Crippen LogP contribution is 2.44. The van der Waals surface area contributed by atoms with Gasteiger partial charge < -0.3 is 10.0 Å². The fraction of sp³-hybridized carbons (Fsp3) is 0.857. The smallest absolute Gasteiger partial charge is 0.310 e. The number of rotatable bonds is 6. The molecule has 0 bridgehead atoms. The lowest BCUT2D eigenvalue weighted by Gasteiger charge is -2.39. The van der Waals surface area contributed by atoms with E-state index >= 15 is 0 Å². The minimum absolute atomic E-state index is 0.0131. The van der Waals surface area contributed by atoms with E-state index in [-0.39, 0.29) is 18.4 Å². The molecule has 0 atom stereocenters. The Morgan fingerprint density at radius 3 is 2.06 bits per heavy atom. The zero-order valence-corrected chi connectivity index (χ0v) is 11.9. The molecule has 4 heteroatoms. The van der Waals surface area contributed by atoms with E-state index in [0.717, 1.165) is 6.42 Å². The molecule has 0 aromatic rings. The molecule has 0 aromatic carbocycles. The molecule has 0 spiro atoms. The van der Waals surface area contributed by atoms with Gasteiger partial charge in [0.25, 0.3) is 0 Å². The Hall–Kier alpha value is -1.06. The van der Waals surface area contributed by atoms with Crippen molar-refractivity contribution in [2.24, 2.45) is 11.3 Å². The fourth-order valence-corrected chi connectivity index (χ4v) is 2.45. The summed E-state index contributed by atoms with van der Waals surface area (Å²) in [5.41, 5.74) is -0.777. The van der Waals surface area contributed by atoms with Gasteiger partial charge in [0.2, 0.25) is 5.91 Å². The monoisotopic (exact) mass is 255 g/mol. The van der Waals surface area contributed by atoms with Gasteiger partial charge in [-0.1, -0.05) is 20.3 Å². The number of nitrogens with zero attached hydrogens (tertiary/aromatic N) is 1. The molecule has 1 fully saturated rings. The van der Waals surface area contributed by atoms with Gasteiger partial charge in [-0.05, 0) is 32.6 Å². The molecular formula is C14H25NO3. The molecule has 0 saturated heterocycles. The predicted molar refractivity (Wildman–Crippen MR) is 70.2 cm³/mol. The van der Waals surface area contributed by atoms with Crippen molar-refractivity contribution in [2.45, 2.75) is 59.4 Å². The Balaban J connectivity index is 2.69. The van der Waals surface area contributed by atoms with Crippen LogP contribution >= 0.6 is 0 Å². The molecule has 1 aliphatic carbocycles. The standard InChI is InChI=1S/C14H25NO3/c1-10(2)9-15(11(3)4)12(16)8-14(13(17)18)6-5-7-14/h10-11H,5-9H2,1-4H3,(H,17,18). The van der Waals surface area contributed by atoms with Gasteiger partial charge in [0.15, 0.2) is 0 Å². The molecule has 1 rings (SSSR count). The van der Waals surface area contributed by atoms with Crippen molar-refractivity contribution in [3.05, 3.63) is 0 Å². The maximum Gasteiger partial charge on any atom is 0.310 e. The Morgan fingerprint density at radius 2 is 1.78 bits per heavy atom. The van der Waals surface area contributed by atoms with E-state index in [0.29, 0.717) is 25.3 Å². The summed E-state index contributed by atoms with van der Waals surface area (Å²) in [7, 11) is 0. The van der Waals surface area contributed by atoms with Crippen LogP contribution in [0.1, 0.15) is 53.4 Å². The minimum Gasteiger partial charge on any atom is -0.481 e. The molecule has 0 radical (unpaired) electrons. The lowest BCUT2D eigenvalue weighted by molar-refractivity contribution is -0.160. The molecule has 4 nitrogen and oxygen atoms in total. The number of hydrogen-bond acceptors (Lipinski definition) is 2. The van der Waals surface area contributed by atoms with Gasteiger partial charge in [-0.15, -0.1) is 0 Å². The van der Waals surface area contributed by atoms with Crippen molar-refractivity contribution in [1.82, 2.24) is 4.90 Å². The molecule has 0 aromatic heterocycles. The maximum absolute atomic E-state index is 12.3. The first kappa shape index (κ1) is 15.0. The van der Waals surface area contributed by atoms with Crippen LogP contribution in [-0.4, -0.2) is 34.5 Å². The fourth-order valence-electron chi connectivity index (χ4n) is 2.45. The SMILES string of the molecule is CC(C)CN(C(=O)CC1(C(=O)O)CCC1)C(C)C. The van der Waals surface area contributed by atoms with Crippen LogP contribution in [0.4, 0.5) is 0 Å². The van der Waals surface area contributed by atoms with Crippen molar-refractivity contribution in [3.8, 4) is 0 Å². The number of aliphatic carboxylic acids is 1. The van der Waals surface area contributed by atoms with Crippen LogP contribution in [0.5, 0.6) is 0 Å². The number of carbonyl (C=O) groups excluding carboxylic acids is 1. The Kier molecular flexibility index (Phi) is 4.77. The topological polar surface area (TPSA) is 57.6 Å². The third-order valence-electron chi connectivity index (χ3n) is 3.76. The van der Waals surface area contributed by atoms with Crippen LogP contribution in [0, 0.1) is 11.3 Å². The van der Waals surface area contributed by atoms with Gasteiger partial charge in [0, 0.05) is 19.0 Å². The van der Waals surface area contributed by atoms with Crippen molar-refractivity contribution < 1.29 is 14.7 Å². The third kappa shape index (κ3) is 3.24. The maximum atomic E-state index is 12.3. The van der Waals surface area contributed by atoms with Crippen LogP contribution in [0.2, 0.25) is 0 Å². The highest BCUT2D eigenvalue weighted by molar-refractivity contribution is 5.85. The summed E-state index contributed by atoms with van der Waals surface area (Å²) in [6.45, 7) is 8.80. The predicted octanol–water partition coefficient (Wildman–Crippen LogP) is 2.52. The summed E-state index contributed by atoms with van der Waals surface area (Å²) < 4.78 is 0. The second-order valence-electron chi connectivity index (χ2n) is 6.15. The third-order valence-corrected chi connectivity index (χ3v) is 3.76. The molecule has 0 heterocycles. The van der Waals surface area contributed by atoms with Crippen molar-refractivity contribution in [1.29, 1.82) is 0 Å². The van der Waals surface area contributed by atoms with Crippen molar-refractivity contribution in [3.63, 3.8) is 0 Å². The highest BCUT2D eigenvalue weighted by Gasteiger charge is 2.46. The zero-order chi connectivity index (χ0) is 13.9. The Labute approximate surface area is 109 Å². The van der Waals surface area contributed by atoms with Gasteiger partial charge in [0.05, 0.1) is 5.41 Å². The van der Waals surface area contributed by atoms with Gasteiger partial charge in [-0.3, -0.25) is 9.59 Å². The van der Waals surface area contributed by atoms with Crippen LogP contribution in [-0.2, 0) is 9.59 Å². The average molecular weight is 255 g/mol. The van der Waals surface area contributed by atoms with E-state index in [4.69, 9.17) is 0 Å². The van der Waals surface area contributed by atoms with Crippen LogP contribution < -0.4 is 0 Å². The quantitative estimate of drug-likeness (QED) is 0.793. The average Bonchev–Trinajstić information content (AvgIpc) is 2.18. The first-order valence-electron chi connectivity index (χ1n) is 6.81. The van der Waals surface area contributed by atoms with E-state index in [2.05, 4.69) is 13.8 Å². The van der Waals surface area contributed by atoms with Gasteiger partial charge in [-0.25, -0.2) is 0 Å². The summed E-state index contributed by atoms with van der Waals surface area (Å²) in [5, 5.41) is 9.26. The number of carboxylic acid groups (broad SMARTS) is 1. The second kappa shape index (κ2) is 5.72. The number of hydrogen-bond donors (Lipinski definition) is 1. The van der Waals surface area contributed by atoms with E-state index in [9.17, 15) is 14.7 Å². The molecule has 18 heavy (non-hydrogen) atoms. The zero-order valence-electron chi connectivity index (χ0n) is 11.9. The minimum atomic E-state index is -0.810. The normalized spacial score (nSPS) is 17.7. The number of carbonyl (C=O) groups is 2. The van der Waals surface area contributed by atoms with E-state index in [1.165, 1.54) is 0 Å². The van der Waals surface area contributed by atoms with E-state index in [1.807, 2.05) is 18.7 Å². The summed E-state index contributed by atoms with van der Waals surface area (Å²) >= 11 is 0. The lowest BCUT2D eigenvalue weighted by atomic mass is 9.66. The van der Waals surface area contributed by atoms with Crippen molar-refractivity contribution >= 4 is 11.9 Å².